The highest BCUT2D eigenvalue weighted by atomic mass is 35.5. The molecule has 0 saturated heterocycles. The van der Waals surface area contributed by atoms with E-state index in [4.69, 9.17) is 16.3 Å². The van der Waals surface area contributed by atoms with E-state index in [9.17, 15) is 4.79 Å². The average Bonchev–Trinajstić information content (AvgIpc) is 2.78. The minimum atomic E-state index is -0.432. The first kappa shape index (κ1) is 10.4. The molecule has 3 rings (SSSR count). The fourth-order valence-corrected chi connectivity index (χ4v) is 2.19. The van der Waals surface area contributed by atoms with Crippen LogP contribution in [0.3, 0.4) is 0 Å². The molecule has 2 aromatic carbocycles. The third kappa shape index (κ3) is 1.61. The molecule has 0 bridgehead atoms. The summed E-state index contributed by atoms with van der Waals surface area (Å²) in [6.45, 7) is 0. The maximum absolute atomic E-state index is 11.2. The highest BCUT2D eigenvalue weighted by Gasteiger charge is 2.13. The van der Waals surface area contributed by atoms with E-state index >= 15 is 0 Å². The van der Waals surface area contributed by atoms with Gasteiger partial charge in [0.1, 0.15) is 11.6 Å². The Balaban J connectivity index is 2.20. The molecule has 0 fully saturated rings. The van der Waals surface area contributed by atoms with E-state index in [-0.39, 0.29) is 5.88 Å². The summed E-state index contributed by atoms with van der Waals surface area (Å²) in [6.07, 6.45) is 4.12. The van der Waals surface area contributed by atoms with Crippen LogP contribution in [-0.4, -0.2) is 11.8 Å². The fraction of sp³-hybridized carbons (Fsp3) is 0.0714. The Labute approximate surface area is 103 Å². The normalized spacial score (nSPS) is 12.1. The van der Waals surface area contributed by atoms with Crippen LogP contribution in [0.5, 0.6) is 5.75 Å². The molecule has 1 aliphatic carbocycles. The largest absolute Gasteiger partial charge is 0.425 e. The lowest BCUT2D eigenvalue weighted by atomic mass is 10.0. The number of halogens is 1. The van der Waals surface area contributed by atoms with Gasteiger partial charge in [0, 0.05) is 5.39 Å². The van der Waals surface area contributed by atoms with Crippen LogP contribution in [0.15, 0.2) is 30.3 Å². The van der Waals surface area contributed by atoms with Crippen LogP contribution < -0.4 is 4.74 Å². The lowest BCUT2D eigenvalue weighted by Crippen LogP contribution is -2.09. The molecule has 0 aliphatic heterocycles. The number of hydrogen-bond donors (Lipinski definition) is 0. The molecular formula is C14H9ClO2. The van der Waals surface area contributed by atoms with Crippen molar-refractivity contribution >= 4 is 40.5 Å². The van der Waals surface area contributed by atoms with Gasteiger partial charge in [0.25, 0.3) is 0 Å². The summed E-state index contributed by atoms with van der Waals surface area (Å²) in [5.74, 6) is -0.000420. The van der Waals surface area contributed by atoms with E-state index in [1.54, 1.807) is 0 Å². The van der Waals surface area contributed by atoms with E-state index in [2.05, 4.69) is 12.2 Å². The zero-order valence-electron chi connectivity index (χ0n) is 8.94. The van der Waals surface area contributed by atoms with Gasteiger partial charge in [-0.05, 0) is 22.6 Å². The third-order valence-corrected chi connectivity index (χ3v) is 3.06. The summed E-state index contributed by atoms with van der Waals surface area (Å²) < 4.78 is 5.22. The first-order chi connectivity index (χ1) is 8.29. The lowest BCUT2D eigenvalue weighted by Gasteiger charge is -2.08. The van der Waals surface area contributed by atoms with Crippen molar-refractivity contribution in [1.82, 2.24) is 0 Å². The second kappa shape index (κ2) is 3.90. The molecule has 0 aromatic heterocycles. The Kier molecular flexibility index (Phi) is 2.37. The molecule has 0 heterocycles. The van der Waals surface area contributed by atoms with Crippen LogP contribution in [-0.2, 0) is 4.79 Å². The molecule has 0 amide bonds. The van der Waals surface area contributed by atoms with Crippen LogP contribution in [0.1, 0.15) is 11.1 Å². The van der Waals surface area contributed by atoms with Crippen molar-refractivity contribution in [2.24, 2.45) is 0 Å². The quantitative estimate of drug-likeness (QED) is 0.392. The minimum absolute atomic E-state index is 0.138. The summed E-state index contributed by atoms with van der Waals surface area (Å²) in [6, 6.07) is 9.71. The van der Waals surface area contributed by atoms with Crippen molar-refractivity contribution in [3.8, 4) is 5.75 Å². The number of carbonyl (C=O) groups is 1. The van der Waals surface area contributed by atoms with Gasteiger partial charge in [-0.15, -0.1) is 11.6 Å². The number of alkyl halides is 1. The van der Waals surface area contributed by atoms with Gasteiger partial charge in [0.05, 0.1) is 0 Å². The van der Waals surface area contributed by atoms with Crippen molar-refractivity contribution in [3.63, 3.8) is 0 Å². The molecule has 0 atom stereocenters. The van der Waals surface area contributed by atoms with Crippen LogP contribution in [0.4, 0.5) is 0 Å². The van der Waals surface area contributed by atoms with Gasteiger partial charge in [-0.3, -0.25) is 4.79 Å². The van der Waals surface area contributed by atoms with Crippen LogP contribution >= 0.6 is 11.6 Å². The van der Waals surface area contributed by atoms with Gasteiger partial charge >= 0.3 is 5.97 Å². The van der Waals surface area contributed by atoms with Gasteiger partial charge in [-0.1, -0.05) is 36.4 Å². The number of carbonyl (C=O) groups excluding carboxylic acids is 1. The Hall–Kier alpha value is -1.80. The van der Waals surface area contributed by atoms with Crippen LogP contribution in [0, 0.1) is 0 Å². The van der Waals surface area contributed by atoms with Crippen LogP contribution in [0.2, 0.25) is 0 Å². The summed E-state index contributed by atoms with van der Waals surface area (Å²) in [5.41, 5.74) is 2.31. The second-order valence-corrected chi connectivity index (χ2v) is 4.13. The topological polar surface area (TPSA) is 26.3 Å². The van der Waals surface area contributed by atoms with Crippen molar-refractivity contribution in [2.75, 3.05) is 5.88 Å². The highest BCUT2D eigenvalue weighted by Crippen LogP contribution is 2.36. The predicted octanol–water partition coefficient (Wildman–Crippen LogP) is 3.47. The number of benzene rings is 2. The number of rotatable bonds is 2. The van der Waals surface area contributed by atoms with Gasteiger partial charge < -0.3 is 4.74 Å². The van der Waals surface area contributed by atoms with Crippen LogP contribution in [0.25, 0.3) is 22.9 Å². The SMILES string of the molecule is O=C(CCl)Oc1ccc2c3c(cccc13)C=C2. The number of ether oxygens (including phenoxy) is 1. The summed E-state index contributed by atoms with van der Waals surface area (Å²) in [7, 11) is 0. The second-order valence-electron chi connectivity index (χ2n) is 3.86. The summed E-state index contributed by atoms with van der Waals surface area (Å²) in [5, 5.41) is 2.08. The molecule has 0 radical (unpaired) electrons. The zero-order valence-corrected chi connectivity index (χ0v) is 9.70. The molecular weight excluding hydrogens is 236 g/mol. The number of hydrogen-bond acceptors (Lipinski definition) is 2. The standard InChI is InChI=1S/C14H9ClO2/c15-8-13(16)17-12-7-6-10-5-4-9-2-1-3-11(12)14(9)10/h1-7H,8H2. The lowest BCUT2D eigenvalue weighted by molar-refractivity contribution is -0.131. The molecule has 0 N–H and O–H groups in total. The van der Waals surface area contributed by atoms with E-state index in [1.165, 1.54) is 0 Å². The fourth-order valence-electron chi connectivity index (χ4n) is 2.13. The molecule has 2 nitrogen and oxygen atoms in total. The molecule has 0 spiro atoms. The Morgan fingerprint density at radius 1 is 1.12 bits per heavy atom. The monoisotopic (exact) mass is 244 g/mol. The van der Waals surface area contributed by atoms with Crippen molar-refractivity contribution in [2.45, 2.75) is 0 Å². The molecule has 3 heteroatoms. The van der Waals surface area contributed by atoms with Gasteiger partial charge in [-0.25, -0.2) is 0 Å². The maximum atomic E-state index is 11.2. The van der Waals surface area contributed by atoms with Crippen molar-refractivity contribution in [3.05, 3.63) is 41.5 Å². The maximum Gasteiger partial charge on any atom is 0.326 e. The Morgan fingerprint density at radius 3 is 2.65 bits per heavy atom. The average molecular weight is 245 g/mol. The smallest absolute Gasteiger partial charge is 0.326 e. The highest BCUT2D eigenvalue weighted by molar-refractivity contribution is 6.26. The third-order valence-electron chi connectivity index (χ3n) is 2.84. The Morgan fingerprint density at radius 2 is 1.88 bits per heavy atom. The number of esters is 1. The van der Waals surface area contributed by atoms with E-state index in [0.29, 0.717) is 5.75 Å². The zero-order chi connectivity index (χ0) is 11.8. The molecule has 0 unspecified atom stereocenters. The molecule has 17 heavy (non-hydrogen) atoms. The minimum Gasteiger partial charge on any atom is -0.425 e. The first-order valence-corrected chi connectivity index (χ1v) is 5.83. The molecule has 2 aromatic rings. The van der Waals surface area contributed by atoms with Gasteiger partial charge in [0.2, 0.25) is 0 Å². The molecule has 84 valence electrons. The van der Waals surface area contributed by atoms with Gasteiger partial charge in [-0.2, -0.15) is 0 Å². The van der Waals surface area contributed by atoms with E-state index in [1.807, 2.05) is 30.3 Å². The predicted molar refractivity (Wildman–Crippen MR) is 69.2 cm³/mol. The van der Waals surface area contributed by atoms with E-state index in [0.717, 1.165) is 21.9 Å². The van der Waals surface area contributed by atoms with Crippen molar-refractivity contribution < 1.29 is 9.53 Å². The van der Waals surface area contributed by atoms with E-state index < -0.39 is 5.97 Å². The summed E-state index contributed by atoms with van der Waals surface area (Å²) >= 11 is 5.44. The van der Waals surface area contributed by atoms with Gasteiger partial charge in [0.15, 0.2) is 0 Å². The molecule has 0 saturated carbocycles. The van der Waals surface area contributed by atoms with Crippen molar-refractivity contribution in [1.29, 1.82) is 0 Å². The first-order valence-electron chi connectivity index (χ1n) is 5.30. The molecule has 1 aliphatic rings. The Bertz CT molecular complexity index is 632. The summed E-state index contributed by atoms with van der Waals surface area (Å²) in [4.78, 5) is 11.2.